The fraction of sp³-hybridized carbons (Fsp3) is 0.368. The molecule has 1 unspecified atom stereocenters. The number of benzene rings is 2. The molecule has 0 amide bonds. The van der Waals surface area contributed by atoms with Gasteiger partial charge in [0.05, 0.1) is 12.7 Å². The summed E-state index contributed by atoms with van der Waals surface area (Å²) < 4.78 is 11.7. The maximum Gasteiger partial charge on any atom is 0.119 e. The molecular weight excluding hydrogens is 288 g/mol. The highest BCUT2D eigenvalue weighted by Gasteiger charge is 2.08. The van der Waals surface area contributed by atoms with Crippen LogP contribution in [0, 0.1) is 0 Å². The summed E-state index contributed by atoms with van der Waals surface area (Å²) in [6.07, 6.45) is 4.32. The molecule has 1 atom stereocenters. The fourth-order valence-electron chi connectivity index (χ4n) is 2.31. The summed E-state index contributed by atoms with van der Waals surface area (Å²) in [7, 11) is 0. The van der Waals surface area contributed by atoms with E-state index in [9.17, 15) is 0 Å². The van der Waals surface area contributed by atoms with E-state index in [1.165, 1.54) is 0 Å². The molecule has 0 saturated carbocycles. The first-order valence-corrected chi connectivity index (χ1v) is 8.18. The lowest BCUT2D eigenvalue weighted by Crippen LogP contribution is -2.15. The molecule has 0 heterocycles. The van der Waals surface area contributed by atoms with Crippen molar-refractivity contribution in [2.75, 3.05) is 18.1 Å². The zero-order valence-corrected chi connectivity index (χ0v) is 13.7. The number of hydrogen-bond donors (Lipinski definition) is 2. The standard InChI is InChI=1S/C19H26N2O2/c1-2-17(23-19-12-8-16(21)9-13-19)5-3-4-14-22-18-10-6-15(20)7-11-18/h6-13,17H,2-5,14,20-21H2,1H3. The van der Waals surface area contributed by atoms with Crippen LogP contribution in [0.3, 0.4) is 0 Å². The highest BCUT2D eigenvalue weighted by Crippen LogP contribution is 2.19. The van der Waals surface area contributed by atoms with Gasteiger partial charge in [0.2, 0.25) is 0 Å². The number of nitrogens with two attached hydrogens (primary N) is 2. The van der Waals surface area contributed by atoms with Gasteiger partial charge in [-0.25, -0.2) is 0 Å². The third kappa shape index (κ3) is 6.10. The molecule has 0 radical (unpaired) electrons. The molecule has 0 aliphatic rings. The maximum atomic E-state index is 5.99. The average molecular weight is 314 g/mol. The Balaban J connectivity index is 1.65. The van der Waals surface area contributed by atoms with Gasteiger partial charge in [-0.15, -0.1) is 0 Å². The van der Waals surface area contributed by atoms with E-state index in [-0.39, 0.29) is 6.10 Å². The summed E-state index contributed by atoms with van der Waals surface area (Å²) in [5.41, 5.74) is 12.8. The third-order valence-corrected chi connectivity index (χ3v) is 3.71. The van der Waals surface area contributed by atoms with Crippen LogP contribution < -0.4 is 20.9 Å². The average Bonchev–Trinajstić information content (AvgIpc) is 2.57. The highest BCUT2D eigenvalue weighted by molar-refractivity contribution is 5.42. The molecule has 0 aliphatic carbocycles. The van der Waals surface area contributed by atoms with Crippen LogP contribution in [-0.4, -0.2) is 12.7 Å². The predicted octanol–water partition coefficient (Wildman–Crippen LogP) is 4.26. The molecular formula is C19H26N2O2. The minimum Gasteiger partial charge on any atom is -0.494 e. The van der Waals surface area contributed by atoms with Crippen LogP contribution in [0.2, 0.25) is 0 Å². The van der Waals surface area contributed by atoms with E-state index in [1.807, 2.05) is 48.5 Å². The molecule has 0 fully saturated rings. The molecule has 0 aromatic heterocycles. The highest BCUT2D eigenvalue weighted by atomic mass is 16.5. The van der Waals surface area contributed by atoms with Gasteiger partial charge in [-0.1, -0.05) is 6.92 Å². The van der Waals surface area contributed by atoms with Crippen molar-refractivity contribution in [2.45, 2.75) is 38.7 Å². The Labute approximate surface area is 138 Å². The van der Waals surface area contributed by atoms with Gasteiger partial charge in [0.15, 0.2) is 0 Å². The molecule has 124 valence electrons. The molecule has 2 aromatic rings. The van der Waals surface area contributed by atoms with Crippen molar-refractivity contribution >= 4 is 11.4 Å². The molecule has 2 rings (SSSR count). The molecule has 2 aromatic carbocycles. The van der Waals surface area contributed by atoms with Crippen LogP contribution in [0.15, 0.2) is 48.5 Å². The van der Waals surface area contributed by atoms with E-state index in [1.54, 1.807) is 0 Å². The van der Waals surface area contributed by atoms with Crippen LogP contribution in [0.25, 0.3) is 0 Å². The van der Waals surface area contributed by atoms with Gasteiger partial charge in [0, 0.05) is 11.4 Å². The van der Waals surface area contributed by atoms with Gasteiger partial charge in [0.1, 0.15) is 11.5 Å². The van der Waals surface area contributed by atoms with E-state index in [2.05, 4.69) is 6.92 Å². The van der Waals surface area contributed by atoms with Gasteiger partial charge in [-0.05, 0) is 74.2 Å². The number of unbranched alkanes of at least 4 members (excludes halogenated alkanes) is 1. The zero-order valence-electron chi connectivity index (χ0n) is 13.7. The molecule has 0 bridgehead atoms. The van der Waals surface area contributed by atoms with Crippen LogP contribution in [0.1, 0.15) is 32.6 Å². The van der Waals surface area contributed by atoms with Gasteiger partial charge in [0.25, 0.3) is 0 Å². The molecule has 4 nitrogen and oxygen atoms in total. The van der Waals surface area contributed by atoms with Gasteiger partial charge < -0.3 is 20.9 Å². The molecule has 0 saturated heterocycles. The SMILES string of the molecule is CCC(CCCCOc1ccc(N)cc1)Oc1ccc(N)cc1. The summed E-state index contributed by atoms with van der Waals surface area (Å²) in [5, 5.41) is 0. The van der Waals surface area contributed by atoms with Gasteiger partial charge >= 0.3 is 0 Å². The largest absolute Gasteiger partial charge is 0.494 e. The van der Waals surface area contributed by atoms with Crippen molar-refractivity contribution in [1.29, 1.82) is 0 Å². The maximum absolute atomic E-state index is 5.99. The number of anilines is 2. The van der Waals surface area contributed by atoms with E-state index in [4.69, 9.17) is 20.9 Å². The predicted molar refractivity (Wildman–Crippen MR) is 95.8 cm³/mol. The normalized spacial score (nSPS) is 11.9. The van der Waals surface area contributed by atoms with E-state index >= 15 is 0 Å². The van der Waals surface area contributed by atoms with Crippen LogP contribution in [-0.2, 0) is 0 Å². The van der Waals surface area contributed by atoms with Gasteiger partial charge in [-0.3, -0.25) is 0 Å². The topological polar surface area (TPSA) is 70.5 Å². The van der Waals surface area contributed by atoms with Crippen molar-refractivity contribution in [3.63, 3.8) is 0 Å². The lowest BCUT2D eigenvalue weighted by atomic mass is 10.1. The summed E-state index contributed by atoms with van der Waals surface area (Å²) >= 11 is 0. The minimum atomic E-state index is 0.232. The monoisotopic (exact) mass is 314 g/mol. The molecule has 0 spiro atoms. The van der Waals surface area contributed by atoms with Crippen LogP contribution in [0.4, 0.5) is 11.4 Å². The summed E-state index contributed by atoms with van der Waals surface area (Å²) in [6.45, 7) is 2.86. The van der Waals surface area contributed by atoms with Crippen molar-refractivity contribution in [3.05, 3.63) is 48.5 Å². The molecule has 0 aliphatic heterocycles. The Kier molecular flexibility index (Phi) is 6.60. The quantitative estimate of drug-likeness (QED) is 0.536. The summed E-state index contributed by atoms with van der Waals surface area (Å²) in [5.74, 6) is 1.74. The first-order chi connectivity index (χ1) is 11.2. The van der Waals surface area contributed by atoms with Crippen molar-refractivity contribution in [2.24, 2.45) is 0 Å². The first kappa shape index (κ1) is 17.0. The molecule has 23 heavy (non-hydrogen) atoms. The minimum absolute atomic E-state index is 0.232. The van der Waals surface area contributed by atoms with Crippen LogP contribution >= 0.6 is 0 Å². The van der Waals surface area contributed by atoms with Crippen molar-refractivity contribution < 1.29 is 9.47 Å². The third-order valence-electron chi connectivity index (χ3n) is 3.71. The van der Waals surface area contributed by atoms with Gasteiger partial charge in [-0.2, -0.15) is 0 Å². The smallest absolute Gasteiger partial charge is 0.119 e. The van der Waals surface area contributed by atoms with Crippen LogP contribution in [0.5, 0.6) is 11.5 Å². The van der Waals surface area contributed by atoms with Crippen molar-refractivity contribution in [1.82, 2.24) is 0 Å². The summed E-state index contributed by atoms with van der Waals surface area (Å²) in [4.78, 5) is 0. The Hall–Kier alpha value is -2.36. The second kappa shape index (κ2) is 8.93. The second-order valence-electron chi connectivity index (χ2n) is 5.63. The lowest BCUT2D eigenvalue weighted by Gasteiger charge is -2.17. The molecule has 4 N–H and O–H groups in total. The Morgan fingerprint density at radius 2 is 1.39 bits per heavy atom. The van der Waals surface area contributed by atoms with E-state index < -0.39 is 0 Å². The number of nitrogen functional groups attached to an aromatic ring is 2. The molecule has 4 heteroatoms. The summed E-state index contributed by atoms with van der Waals surface area (Å²) in [6, 6.07) is 15.1. The van der Waals surface area contributed by atoms with E-state index in [0.717, 1.165) is 48.6 Å². The Bertz CT molecular complexity index is 567. The lowest BCUT2D eigenvalue weighted by molar-refractivity contribution is 0.179. The Morgan fingerprint density at radius 3 is 1.96 bits per heavy atom. The number of rotatable bonds is 9. The first-order valence-electron chi connectivity index (χ1n) is 8.18. The fourth-order valence-corrected chi connectivity index (χ4v) is 2.31. The van der Waals surface area contributed by atoms with Crippen molar-refractivity contribution in [3.8, 4) is 11.5 Å². The number of ether oxygens (including phenoxy) is 2. The Morgan fingerprint density at radius 1 is 0.826 bits per heavy atom. The number of hydrogen-bond acceptors (Lipinski definition) is 4. The second-order valence-corrected chi connectivity index (χ2v) is 5.63. The zero-order chi connectivity index (χ0) is 16.5. The van der Waals surface area contributed by atoms with E-state index in [0.29, 0.717) is 6.61 Å².